The molecule has 1 amide bonds. The van der Waals surface area contributed by atoms with Crippen molar-refractivity contribution >= 4 is 22.6 Å². The van der Waals surface area contributed by atoms with Gasteiger partial charge in [-0.25, -0.2) is 0 Å². The molecule has 6 nitrogen and oxygen atoms in total. The number of ketones is 1. The maximum atomic E-state index is 13.1. The molecule has 0 saturated heterocycles. The number of fused-ring (bicyclic) bond motifs is 4. The molecule has 1 saturated carbocycles. The molecule has 0 aliphatic heterocycles. The lowest BCUT2D eigenvalue weighted by Crippen LogP contribution is -2.62. The first-order valence-electron chi connectivity index (χ1n) is 12.7. The Morgan fingerprint density at radius 1 is 1.23 bits per heavy atom. The zero-order valence-electron chi connectivity index (χ0n) is 20.5. The highest BCUT2D eigenvalue weighted by Crippen LogP contribution is 2.58. The molecule has 6 heteroatoms. The smallest absolute Gasteiger partial charge is 0.255 e. The van der Waals surface area contributed by atoms with Gasteiger partial charge in [-0.05, 0) is 72.4 Å². The Morgan fingerprint density at radius 3 is 2.86 bits per heavy atom. The molecule has 5 rings (SSSR count). The summed E-state index contributed by atoms with van der Waals surface area (Å²) >= 11 is 0. The van der Waals surface area contributed by atoms with Crippen molar-refractivity contribution in [3.05, 3.63) is 64.8 Å². The van der Waals surface area contributed by atoms with Gasteiger partial charge in [-0.15, -0.1) is 0 Å². The van der Waals surface area contributed by atoms with Crippen molar-refractivity contribution in [3.63, 3.8) is 0 Å². The number of H-pyrrole nitrogens is 1. The number of hydrogen-bond donors (Lipinski definition) is 4. The van der Waals surface area contributed by atoms with Crippen LogP contribution in [0.4, 0.5) is 0 Å². The van der Waals surface area contributed by atoms with Crippen LogP contribution in [-0.4, -0.2) is 39.0 Å². The van der Waals surface area contributed by atoms with Gasteiger partial charge in [0.25, 0.3) is 5.91 Å². The van der Waals surface area contributed by atoms with Gasteiger partial charge in [-0.1, -0.05) is 32.4 Å². The molecule has 2 aliphatic rings. The number of carbonyl (C=O) groups is 2. The van der Waals surface area contributed by atoms with Gasteiger partial charge in [0.15, 0.2) is 0 Å². The summed E-state index contributed by atoms with van der Waals surface area (Å²) in [7, 11) is 0. The summed E-state index contributed by atoms with van der Waals surface area (Å²) in [6, 6.07) is 11.8. The molecule has 3 atom stereocenters. The normalized spacial score (nSPS) is 25.8. The lowest BCUT2D eigenvalue weighted by molar-refractivity contribution is -0.148. The molecule has 4 N–H and O–H groups in total. The summed E-state index contributed by atoms with van der Waals surface area (Å²) in [6.07, 6.45) is 5.50. The Balaban J connectivity index is 1.43. The van der Waals surface area contributed by atoms with Gasteiger partial charge < -0.3 is 20.5 Å². The predicted molar refractivity (Wildman–Crippen MR) is 136 cm³/mol. The van der Waals surface area contributed by atoms with Crippen LogP contribution in [0.3, 0.4) is 0 Å². The average Bonchev–Trinajstić information content (AvgIpc) is 3.29. The molecule has 1 heterocycles. The summed E-state index contributed by atoms with van der Waals surface area (Å²) in [5.41, 5.74) is 2.00. The third-order valence-corrected chi connectivity index (χ3v) is 8.44. The van der Waals surface area contributed by atoms with Gasteiger partial charge in [0, 0.05) is 42.1 Å². The number of phenolic OH excluding ortho intramolecular Hbond substituents is 1. The van der Waals surface area contributed by atoms with E-state index in [1.165, 1.54) is 0 Å². The summed E-state index contributed by atoms with van der Waals surface area (Å²) in [5, 5.41) is 27.4. The van der Waals surface area contributed by atoms with Crippen molar-refractivity contribution in [3.8, 4) is 5.75 Å². The molecular formula is C29H34N2O4. The number of aromatic amines is 1. The number of nitrogens with one attached hydrogen (secondary N) is 2. The molecule has 0 bridgehead atoms. The molecule has 1 aromatic heterocycles. The Hall–Kier alpha value is -3.12. The first-order valence-corrected chi connectivity index (χ1v) is 12.7. The molecule has 0 radical (unpaired) electrons. The first-order chi connectivity index (χ1) is 16.8. The minimum Gasteiger partial charge on any atom is -0.507 e. The van der Waals surface area contributed by atoms with Crippen molar-refractivity contribution in [1.82, 2.24) is 10.3 Å². The number of Topliss-reactive ketones (excluding diaryl/α,β-unsaturated/α-hetero) is 1. The molecular weight excluding hydrogens is 440 g/mol. The molecule has 184 valence electrons. The number of phenols is 1. The van der Waals surface area contributed by atoms with Gasteiger partial charge >= 0.3 is 0 Å². The average molecular weight is 475 g/mol. The van der Waals surface area contributed by atoms with Gasteiger partial charge in [-0.3, -0.25) is 9.59 Å². The van der Waals surface area contributed by atoms with Crippen LogP contribution in [0.25, 0.3) is 10.9 Å². The Kier molecular flexibility index (Phi) is 5.96. The van der Waals surface area contributed by atoms with Crippen LogP contribution in [0, 0.1) is 5.92 Å². The van der Waals surface area contributed by atoms with Crippen LogP contribution >= 0.6 is 0 Å². The summed E-state index contributed by atoms with van der Waals surface area (Å²) in [5.74, 6) is -0.353. The highest BCUT2D eigenvalue weighted by Gasteiger charge is 2.60. The highest BCUT2D eigenvalue weighted by atomic mass is 16.3. The molecule has 3 aromatic rings. The zero-order chi connectivity index (χ0) is 24.8. The standard InChI is InChI=1S/C29H34N2O4/c1-3-11-28-17-22(32)8-12-29(28,35)18(2)15-21-5-6-23(26(33)25(21)28)27(34)31-13-9-19-4-7-24-20(16-19)10-14-30-24/h4-7,10,14,16,18,30,33,35H,3,8-9,11-13,15,17H2,1-2H3,(H,31,34)/t18-,28-,29-/m1/s1. The number of benzene rings is 2. The summed E-state index contributed by atoms with van der Waals surface area (Å²) in [6.45, 7) is 4.50. The predicted octanol–water partition coefficient (Wildman–Crippen LogP) is 4.56. The number of aliphatic hydroxyl groups is 1. The van der Waals surface area contributed by atoms with Gasteiger partial charge in [0.2, 0.25) is 0 Å². The fraction of sp³-hybridized carbons (Fsp3) is 0.448. The van der Waals surface area contributed by atoms with E-state index >= 15 is 0 Å². The Bertz CT molecular complexity index is 1300. The van der Waals surface area contributed by atoms with Gasteiger partial charge in [-0.2, -0.15) is 0 Å². The second-order valence-corrected chi connectivity index (χ2v) is 10.5. The zero-order valence-corrected chi connectivity index (χ0v) is 20.5. The van der Waals surface area contributed by atoms with Crippen LogP contribution in [0.5, 0.6) is 5.75 Å². The van der Waals surface area contributed by atoms with E-state index in [2.05, 4.69) is 16.4 Å². The fourth-order valence-electron chi connectivity index (χ4n) is 6.72. The van der Waals surface area contributed by atoms with Crippen molar-refractivity contribution < 1.29 is 19.8 Å². The SMILES string of the molecule is CCC[C@]12CC(=O)CC[C@@]1(O)[C@H](C)Cc1ccc(C(=O)NCCc3ccc4[nH]ccc4c3)c(O)c12. The number of rotatable bonds is 6. The molecule has 1 fully saturated rings. The minimum absolute atomic E-state index is 0.0360. The Morgan fingerprint density at radius 2 is 2.06 bits per heavy atom. The third kappa shape index (κ3) is 3.75. The lowest BCUT2D eigenvalue weighted by Gasteiger charge is -2.57. The molecule has 2 aliphatic carbocycles. The second kappa shape index (κ2) is 8.83. The monoisotopic (exact) mass is 474 g/mol. The van der Waals surface area contributed by atoms with Gasteiger partial charge in [0.05, 0.1) is 11.2 Å². The lowest BCUT2D eigenvalue weighted by atomic mass is 9.49. The van der Waals surface area contributed by atoms with Crippen molar-refractivity contribution in [2.75, 3.05) is 6.54 Å². The van der Waals surface area contributed by atoms with Crippen LogP contribution in [0.2, 0.25) is 0 Å². The summed E-state index contributed by atoms with van der Waals surface area (Å²) in [4.78, 5) is 29.0. The van der Waals surface area contributed by atoms with E-state index in [9.17, 15) is 19.8 Å². The van der Waals surface area contributed by atoms with Crippen molar-refractivity contribution in [2.45, 2.75) is 69.8 Å². The maximum absolute atomic E-state index is 13.1. The summed E-state index contributed by atoms with van der Waals surface area (Å²) < 4.78 is 0. The number of carbonyl (C=O) groups excluding carboxylic acids is 2. The van der Waals surface area contributed by atoms with E-state index in [-0.39, 0.29) is 35.3 Å². The number of hydrogen-bond acceptors (Lipinski definition) is 4. The van der Waals surface area contributed by atoms with Crippen LogP contribution < -0.4 is 5.32 Å². The Labute approximate surface area is 205 Å². The van der Waals surface area contributed by atoms with Crippen molar-refractivity contribution in [2.24, 2.45) is 5.92 Å². The molecule has 0 unspecified atom stereocenters. The maximum Gasteiger partial charge on any atom is 0.255 e. The first kappa shape index (κ1) is 23.6. The molecule has 2 aromatic carbocycles. The number of aromatic nitrogens is 1. The molecule has 0 spiro atoms. The topological polar surface area (TPSA) is 102 Å². The van der Waals surface area contributed by atoms with Gasteiger partial charge in [0.1, 0.15) is 11.5 Å². The van der Waals surface area contributed by atoms with E-state index in [0.717, 1.165) is 28.5 Å². The van der Waals surface area contributed by atoms with Crippen LogP contribution in [0.15, 0.2) is 42.6 Å². The van der Waals surface area contributed by atoms with E-state index in [1.54, 1.807) is 6.07 Å². The molecule has 35 heavy (non-hydrogen) atoms. The fourth-order valence-corrected chi connectivity index (χ4v) is 6.72. The number of aromatic hydroxyl groups is 1. The van der Waals surface area contributed by atoms with Crippen LogP contribution in [0.1, 0.15) is 73.0 Å². The highest BCUT2D eigenvalue weighted by molar-refractivity contribution is 5.98. The third-order valence-electron chi connectivity index (χ3n) is 8.44. The minimum atomic E-state index is -1.08. The second-order valence-electron chi connectivity index (χ2n) is 10.5. The quantitative estimate of drug-likeness (QED) is 0.421. The van der Waals surface area contributed by atoms with Crippen molar-refractivity contribution in [1.29, 1.82) is 0 Å². The number of amides is 1. The van der Waals surface area contributed by atoms with E-state index < -0.39 is 11.0 Å². The van der Waals surface area contributed by atoms with E-state index in [0.29, 0.717) is 44.2 Å². The largest absolute Gasteiger partial charge is 0.507 e. The van der Waals surface area contributed by atoms with Crippen LogP contribution in [-0.2, 0) is 23.1 Å². The van der Waals surface area contributed by atoms with E-state index in [4.69, 9.17) is 0 Å². The van der Waals surface area contributed by atoms with E-state index in [1.807, 2.05) is 44.3 Å².